The molecule has 1 rings (SSSR count). The Bertz CT molecular complexity index is 387. The van der Waals surface area contributed by atoms with E-state index in [1.165, 1.54) is 44.9 Å². The average molecular weight is 273 g/mol. The van der Waals surface area contributed by atoms with Gasteiger partial charge in [0.05, 0.1) is 0 Å². The van der Waals surface area contributed by atoms with Crippen LogP contribution in [-0.4, -0.2) is 12.8 Å². The van der Waals surface area contributed by atoms with Crippen LogP contribution >= 0.6 is 0 Å². The minimum Gasteiger partial charge on any atom is -0.385 e. The van der Waals surface area contributed by atoms with Gasteiger partial charge in [-0.25, -0.2) is 0 Å². The summed E-state index contributed by atoms with van der Waals surface area (Å²) in [5, 5.41) is 3.37. The molecule has 20 heavy (non-hydrogen) atoms. The quantitative estimate of drug-likeness (QED) is 0.321. The van der Waals surface area contributed by atoms with Crippen LogP contribution in [0.2, 0.25) is 0 Å². The third-order valence-electron chi connectivity index (χ3n) is 3.44. The zero-order valence-electron chi connectivity index (χ0n) is 12.4. The predicted octanol–water partition coefficient (Wildman–Crippen LogP) is 5.22. The molecule has 0 saturated carbocycles. The molecule has 0 atom stereocenters. The van der Waals surface area contributed by atoms with Gasteiger partial charge in [-0.2, -0.15) is 0 Å². The summed E-state index contributed by atoms with van der Waals surface area (Å²) in [4.78, 5) is 10.7. The largest absolute Gasteiger partial charge is 0.385 e. The molecule has 0 spiro atoms. The number of rotatable bonds is 12. The van der Waals surface area contributed by atoms with Crippen molar-refractivity contribution in [3.8, 4) is 0 Å². The smallest absolute Gasteiger partial charge is 0.150 e. The second-order valence-electron chi connectivity index (χ2n) is 5.22. The lowest BCUT2D eigenvalue weighted by molar-refractivity contribution is 0.112. The van der Waals surface area contributed by atoms with E-state index in [-0.39, 0.29) is 0 Å². The molecule has 0 bridgehead atoms. The standard InChI is InChI=1S/C18H27NO/c1-2-3-4-5-6-7-8-9-10-14-19-18-13-11-12-17(15-18)16-20/h2,11-13,15-16,19H,1,3-10,14H2. The summed E-state index contributed by atoms with van der Waals surface area (Å²) in [6.45, 7) is 4.72. The topological polar surface area (TPSA) is 29.1 Å². The van der Waals surface area contributed by atoms with Gasteiger partial charge in [0.25, 0.3) is 0 Å². The van der Waals surface area contributed by atoms with Crippen molar-refractivity contribution < 1.29 is 4.79 Å². The summed E-state index contributed by atoms with van der Waals surface area (Å²) < 4.78 is 0. The molecular formula is C18H27NO. The fraction of sp³-hybridized carbons (Fsp3) is 0.500. The normalized spacial score (nSPS) is 10.2. The summed E-state index contributed by atoms with van der Waals surface area (Å²) in [7, 11) is 0. The summed E-state index contributed by atoms with van der Waals surface area (Å²) >= 11 is 0. The number of unbranched alkanes of at least 4 members (excludes halogenated alkanes) is 7. The number of benzene rings is 1. The SMILES string of the molecule is C=CCCCCCCCCCNc1cccc(C=O)c1. The van der Waals surface area contributed by atoms with Crippen molar-refractivity contribution in [3.05, 3.63) is 42.5 Å². The van der Waals surface area contributed by atoms with Crippen molar-refractivity contribution in [1.82, 2.24) is 0 Å². The average Bonchev–Trinajstić information content (AvgIpc) is 2.49. The van der Waals surface area contributed by atoms with Crippen LogP contribution in [0.3, 0.4) is 0 Å². The first kappa shape index (κ1) is 16.5. The Morgan fingerprint density at radius 2 is 1.70 bits per heavy atom. The van der Waals surface area contributed by atoms with Gasteiger partial charge >= 0.3 is 0 Å². The second-order valence-corrected chi connectivity index (χ2v) is 5.22. The molecule has 0 aromatic heterocycles. The Morgan fingerprint density at radius 3 is 2.40 bits per heavy atom. The van der Waals surface area contributed by atoms with Crippen molar-refractivity contribution in [2.75, 3.05) is 11.9 Å². The highest BCUT2D eigenvalue weighted by Crippen LogP contribution is 2.11. The van der Waals surface area contributed by atoms with Gasteiger partial charge in [0, 0.05) is 17.8 Å². The van der Waals surface area contributed by atoms with E-state index in [9.17, 15) is 4.79 Å². The molecule has 0 aliphatic heterocycles. The van der Waals surface area contributed by atoms with Gasteiger partial charge in [0.15, 0.2) is 0 Å². The minimum absolute atomic E-state index is 0.731. The van der Waals surface area contributed by atoms with Gasteiger partial charge in [-0.05, 0) is 31.4 Å². The molecule has 0 amide bonds. The number of aldehydes is 1. The highest BCUT2D eigenvalue weighted by molar-refractivity contribution is 5.76. The molecule has 2 nitrogen and oxygen atoms in total. The summed E-state index contributed by atoms with van der Waals surface area (Å²) in [5.41, 5.74) is 1.77. The van der Waals surface area contributed by atoms with E-state index in [4.69, 9.17) is 0 Å². The lowest BCUT2D eigenvalue weighted by Crippen LogP contribution is -2.01. The Morgan fingerprint density at radius 1 is 1.00 bits per heavy atom. The van der Waals surface area contributed by atoms with E-state index in [1.54, 1.807) is 0 Å². The van der Waals surface area contributed by atoms with Crippen molar-refractivity contribution in [1.29, 1.82) is 0 Å². The second kappa shape index (κ2) is 11.3. The lowest BCUT2D eigenvalue weighted by Gasteiger charge is -2.06. The molecule has 1 aromatic carbocycles. The third-order valence-corrected chi connectivity index (χ3v) is 3.44. The molecular weight excluding hydrogens is 246 g/mol. The van der Waals surface area contributed by atoms with E-state index in [0.717, 1.165) is 30.5 Å². The number of hydrogen-bond acceptors (Lipinski definition) is 2. The van der Waals surface area contributed by atoms with Crippen molar-refractivity contribution in [3.63, 3.8) is 0 Å². The predicted molar refractivity (Wildman–Crippen MR) is 87.5 cm³/mol. The minimum atomic E-state index is 0.731. The van der Waals surface area contributed by atoms with Crippen LogP contribution in [0.25, 0.3) is 0 Å². The monoisotopic (exact) mass is 273 g/mol. The lowest BCUT2D eigenvalue weighted by atomic mass is 10.1. The van der Waals surface area contributed by atoms with Crippen molar-refractivity contribution in [2.45, 2.75) is 51.4 Å². The van der Waals surface area contributed by atoms with Gasteiger partial charge in [0.1, 0.15) is 6.29 Å². The fourth-order valence-electron chi connectivity index (χ4n) is 2.25. The molecule has 0 saturated heterocycles. The van der Waals surface area contributed by atoms with Crippen LogP contribution in [-0.2, 0) is 0 Å². The Hall–Kier alpha value is -1.57. The van der Waals surface area contributed by atoms with Crippen LogP contribution in [0.1, 0.15) is 61.7 Å². The molecule has 0 radical (unpaired) electrons. The van der Waals surface area contributed by atoms with Crippen LogP contribution < -0.4 is 5.32 Å². The van der Waals surface area contributed by atoms with E-state index in [1.807, 2.05) is 30.3 Å². The van der Waals surface area contributed by atoms with E-state index in [0.29, 0.717) is 0 Å². The number of nitrogens with one attached hydrogen (secondary N) is 1. The van der Waals surface area contributed by atoms with Crippen LogP contribution in [0.4, 0.5) is 5.69 Å². The maximum atomic E-state index is 10.7. The zero-order chi connectivity index (χ0) is 14.5. The van der Waals surface area contributed by atoms with E-state index < -0.39 is 0 Å². The number of carbonyl (C=O) groups is 1. The van der Waals surface area contributed by atoms with Gasteiger partial charge < -0.3 is 5.32 Å². The Balaban J connectivity index is 1.96. The maximum absolute atomic E-state index is 10.7. The van der Waals surface area contributed by atoms with Gasteiger partial charge in [-0.1, -0.05) is 50.3 Å². The highest BCUT2D eigenvalue weighted by Gasteiger charge is 1.95. The Labute approximate surface area is 123 Å². The van der Waals surface area contributed by atoms with Crippen molar-refractivity contribution in [2.24, 2.45) is 0 Å². The number of anilines is 1. The highest BCUT2D eigenvalue weighted by atomic mass is 16.1. The molecule has 0 heterocycles. The van der Waals surface area contributed by atoms with E-state index >= 15 is 0 Å². The first-order chi connectivity index (χ1) is 9.86. The fourth-order valence-corrected chi connectivity index (χ4v) is 2.25. The van der Waals surface area contributed by atoms with Gasteiger partial charge in [-0.15, -0.1) is 6.58 Å². The first-order valence-corrected chi connectivity index (χ1v) is 7.77. The summed E-state index contributed by atoms with van der Waals surface area (Å²) in [5.74, 6) is 0. The molecule has 0 aliphatic rings. The Kier molecular flexibility index (Phi) is 9.29. The van der Waals surface area contributed by atoms with Crippen LogP contribution in [0.5, 0.6) is 0 Å². The molecule has 110 valence electrons. The van der Waals surface area contributed by atoms with Gasteiger partial charge in [0.2, 0.25) is 0 Å². The van der Waals surface area contributed by atoms with Crippen molar-refractivity contribution >= 4 is 12.0 Å². The molecule has 2 heteroatoms. The van der Waals surface area contributed by atoms with Crippen LogP contribution in [0, 0.1) is 0 Å². The maximum Gasteiger partial charge on any atom is 0.150 e. The summed E-state index contributed by atoms with van der Waals surface area (Å²) in [6, 6.07) is 7.64. The molecule has 0 unspecified atom stereocenters. The molecule has 0 fully saturated rings. The zero-order valence-corrected chi connectivity index (χ0v) is 12.4. The number of allylic oxidation sites excluding steroid dienone is 1. The first-order valence-electron chi connectivity index (χ1n) is 7.77. The number of hydrogen-bond donors (Lipinski definition) is 1. The van der Waals surface area contributed by atoms with Crippen LogP contribution in [0.15, 0.2) is 36.9 Å². The summed E-state index contributed by atoms with van der Waals surface area (Å²) in [6.07, 6.45) is 13.2. The van der Waals surface area contributed by atoms with E-state index in [2.05, 4.69) is 11.9 Å². The molecule has 1 aromatic rings. The van der Waals surface area contributed by atoms with Gasteiger partial charge in [-0.3, -0.25) is 4.79 Å². The third kappa shape index (κ3) is 7.78. The number of carbonyl (C=O) groups excluding carboxylic acids is 1. The molecule has 0 aliphatic carbocycles. The molecule has 1 N–H and O–H groups in total.